The monoisotopic (exact) mass is 335 g/mol. The van der Waals surface area contributed by atoms with Crippen molar-refractivity contribution in [2.45, 2.75) is 38.4 Å². The van der Waals surface area contributed by atoms with E-state index in [0.29, 0.717) is 5.41 Å². The normalized spacial score (nSPS) is 18.6. The number of halogens is 1. The lowest BCUT2D eigenvalue weighted by Gasteiger charge is -2.39. The summed E-state index contributed by atoms with van der Waals surface area (Å²) in [6.07, 6.45) is 5.90. The Labute approximate surface area is 129 Å². The van der Waals surface area contributed by atoms with Gasteiger partial charge in [0.05, 0.1) is 5.69 Å². The van der Waals surface area contributed by atoms with Crippen LogP contribution in [0.5, 0.6) is 0 Å². The molecule has 3 nitrogen and oxygen atoms in total. The van der Waals surface area contributed by atoms with Crippen LogP contribution in [0.25, 0.3) is 5.65 Å². The number of pyridine rings is 1. The van der Waals surface area contributed by atoms with Gasteiger partial charge in [0.2, 0.25) is 0 Å². The average molecular weight is 336 g/mol. The fourth-order valence-corrected chi connectivity index (χ4v) is 3.54. The minimum atomic E-state index is 0.518. The van der Waals surface area contributed by atoms with Crippen molar-refractivity contribution in [3.8, 4) is 0 Å². The Hall–Kier alpha value is -1.03. The maximum absolute atomic E-state index is 4.84. The highest BCUT2D eigenvalue weighted by Gasteiger charge is 2.30. The topological polar surface area (TPSA) is 20.5 Å². The second kappa shape index (κ2) is 5.40. The molecule has 0 spiro atoms. The molecule has 2 aromatic heterocycles. The lowest BCUT2D eigenvalue weighted by Crippen LogP contribution is -2.39. The number of fused-ring (bicyclic) bond motifs is 1. The molecule has 0 radical (unpaired) electrons. The predicted octanol–water partition coefficient (Wildman–Crippen LogP) is 4.25. The van der Waals surface area contributed by atoms with Crippen LogP contribution >= 0.6 is 15.9 Å². The van der Waals surface area contributed by atoms with Crippen LogP contribution in [-0.2, 0) is 5.33 Å². The molecule has 0 bridgehead atoms. The zero-order chi connectivity index (χ0) is 14.2. The van der Waals surface area contributed by atoms with Gasteiger partial charge in [0.25, 0.3) is 0 Å². The Morgan fingerprint density at radius 2 is 2.05 bits per heavy atom. The second-order valence-electron chi connectivity index (χ2n) is 6.10. The van der Waals surface area contributed by atoms with E-state index in [0.717, 1.165) is 29.9 Å². The maximum Gasteiger partial charge on any atom is 0.152 e. The molecule has 20 heavy (non-hydrogen) atoms. The van der Waals surface area contributed by atoms with E-state index in [-0.39, 0.29) is 0 Å². The predicted molar refractivity (Wildman–Crippen MR) is 87.7 cm³/mol. The lowest BCUT2D eigenvalue weighted by molar-refractivity contribution is 0.238. The first kappa shape index (κ1) is 13.9. The standard InChI is InChI=1S/C16H22BrN3/c1-3-16(2)7-10-19(11-8-16)15-13(12-17)20-9-5-4-6-14(20)18-15/h4-6,9H,3,7-8,10-12H2,1-2H3. The molecule has 3 rings (SSSR count). The molecule has 0 aromatic carbocycles. The molecule has 0 saturated carbocycles. The smallest absolute Gasteiger partial charge is 0.152 e. The van der Waals surface area contributed by atoms with E-state index in [9.17, 15) is 0 Å². The summed E-state index contributed by atoms with van der Waals surface area (Å²) in [5, 5.41) is 0.842. The van der Waals surface area contributed by atoms with Crippen molar-refractivity contribution in [2.75, 3.05) is 18.0 Å². The van der Waals surface area contributed by atoms with Gasteiger partial charge in [-0.3, -0.25) is 0 Å². The molecule has 3 heterocycles. The molecule has 0 amide bonds. The molecule has 1 saturated heterocycles. The molecule has 0 aliphatic carbocycles. The summed E-state index contributed by atoms with van der Waals surface area (Å²) in [7, 11) is 0. The second-order valence-corrected chi connectivity index (χ2v) is 6.66. The molecule has 4 heteroatoms. The number of anilines is 1. The van der Waals surface area contributed by atoms with Gasteiger partial charge in [0.15, 0.2) is 5.82 Å². The minimum Gasteiger partial charge on any atom is -0.355 e. The first-order valence-electron chi connectivity index (χ1n) is 7.44. The van der Waals surface area contributed by atoms with Gasteiger partial charge in [0.1, 0.15) is 5.65 Å². The highest BCUT2D eigenvalue weighted by Crippen LogP contribution is 2.36. The van der Waals surface area contributed by atoms with Crippen molar-refractivity contribution < 1.29 is 0 Å². The van der Waals surface area contributed by atoms with Crippen LogP contribution in [0.4, 0.5) is 5.82 Å². The van der Waals surface area contributed by atoms with Crippen molar-refractivity contribution >= 4 is 27.4 Å². The zero-order valence-corrected chi connectivity index (χ0v) is 13.9. The minimum absolute atomic E-state index is 0.518. The van der Waals surface area contributed by atoms with Gasteiger partial charge in [-0.15, -0.1) is 0 Å². The van der Waals surface area contributed by atoms with Gasteiger partial charge in [-0.2, -0.15) is 0 Å². The molecule has 108 valence electrons. The molecule has 2 aromatic rings. The number of rotatable bonds is 3. The summed E-state index contributed by atoms with van der Waals surface area (Å²) in [5.74, 6) is 1.16. The molecule has 0 atom stereocenters. The van der Waals surface area contributed by atoms with Gasteiger partial charge in [-0.25, -0.2) is 4.98 Å². The van der Waals surface area contributed by atoms with Gasteiger partial charge < -0.3 is 9.30 Å². The summed E-state index contributed by atoms with van der Waals surface area (Å²) in [6.45, 7) is 6.96. The first-order chi connectivity index (χ1) is 9.67. The van der Waals surface area contributed by atoms with Crippen LogP contribution in [0.15, 0.2) is 24.4 Å². The molecule has 1 aliphatic rings. The fourth-order valence-electron chi connectivity index (χ4n) is 3.02. The van der Waals surface area contributed by atoms with E-state index in [1.165, 1.54) is 25.0 Å². The third-order valence-corrected chi connectivity index (χ3v) is 5.39. The highest BCUT2D eigenvalue weighted by atomic mass is 79.9. The Kier molecular flexibility index (Phi) is 3.76. The fraction of sp³-hybridized carbons (Fsp3) is 0.562. The number of hydrogen-bond acceptors (Lipinski definition) is 2. The van der Waals surface area contributed by atoms with Crippen LogP contribution in [0, 0.1) is 5.41 Å². The number of aromatic nitrogens is 2. The SMILES string of the molecule is CCC1(C)CCN(c2nc3ccccn3c2CBr)CC1. The van der Waals surface area contributed by atoms with E-state index in [1.54, 1.807) is 0 Å². The Balaban J connectivity index is 1.91. The van der Waals surface area contributed by atoms with Crippen molar-refractivity contribution in [3.63, 3.8) is 0 Å². The molecule has 0 unspecified atom stereocenters. The van der Waals surface area contributed by atoms with Crippen molar-refractivity contribution in [3.05, 3.63) is 30.1 Å². The number of alkyl halides is 1. The van der Waals surface area contributed by atoms with E-state index < -0.39 is 0 Å². The molecule has 1 aliphatic heterocycles. The molecule has 1 fully saturated rings. The summed E-state index contributed by atoms with van der Waals surface area (Å²) < 4.78 is 2.19. The third kappa shape index (κ3) is 2.34. The molecule has 0 N–H and O–H groups in total. The van der Waals surface area contributed by atoms with Crippen molar-refractivity contribution in [1.29, 1.82) is 0 Å². The lowest BCUT2D eigenvalue weighted by atomic mass is 9.78. The summed E-state index contributed by atoms with van der Waals surface area (Å²) in [6, 6.07) is 6.19. The van der Waals surface area contributed by atoms with Gasteiger partial charge in [-0.05, 0) is 30.4 Å². The number of imidazole rings is 1. The quantitative estimate of drug-likeness (QED) is 0.781. The number of piperidine rings is 1. The largest absolute Gasteiger partial charge is 0.355 e. The Bertz CT molecular complexity index is 597. The summed E-state index contributed by atoms with van der Waals surface area (Å²) in [4.78, 5) is 7.30. The van der Waals surface area contributed by atoms with Gasteiger partial charge in [0, 0.05) is 24.6 Å². The van der Waals surface area contributed by atoms with Crippen LogP contribution in [0.3, 0.4) is 0 Å². The Morgan fingerprint density at radius 1 is 1.30 bits per heavy atom. The number of hydrogen-bond donors (Lipinski definition) is 0. The van der Waals surface area contributed by atoms with Crippen LogP contribution in [0.2, 0.25) is 0 Å². The zero-order valence-electron chi connectivity index (χ0n) is 12.3. The van der Waals surface area contributed by atoms with Crippen LogP contribution < -0.4 is 4.90 Å². The first-order valence-corrected chi connectivity index (χ1v) is 8.56. The van der Waals surface area contributed by atoms with Crippen LogP contribution in [-0.4, -0.2) is 22.5 Å². The highest BCUT2D eigenvalue weighted by molar-refractivity contribution is 9.08. The van der Waals surface area contributed by atoms with Crippen molar-refractivity contribution in [1.82, 2.24) is 9.38 Å². The van der Waals surface area contributed by atoms with E-state index >= 15 is 0 Å². The third-order valence-electron chi connectivity index (χ3n) is 4.86. The number of nitrogens with zero attached hydrogens (tertiary/aromatic N) is 3. The van der Waals surface area contributed by atoms with Crippen LogP contribution in [0.1, 0.15) is 38.8 Å². The van der Waals surface area contributed by atoms with E-state index in [1.807, 2.05) is 0 Å². The maximum atomic E-state index is 4.84. The van der Waals surface area contributed by atoms with E-state index in [2.05, 4.69) is 63.5 Å². The van der Waals surface area contributed by atoms with Gasteiger partial charge in [-0.1, -0.05) is 42.3 Å². The van der Waals surface area contributed by atoms with Crippen molar-refractivity contribution in [2.24, 2.45) is 5.41 Å². The Morgan fingerprint density at radius 3 is 2.70 bits per heavy atom. The molecular weight excluding hydrogens is 314 g/mol. The summed E-state index contributed by atoms with van der Waals surface area (Å²) in [5.41, 5.74) is 2.83. The molecular formula is C16H22BrN3. The average Bonchev–Trinajstić information content (AvgIpc) is 2.86. The van der Waals surface area contributed by atoms with E-state index in [4.69, 9.17) is 4.98 Å². The summed E-state index contributed by atoms with van der Waals surface area (Å²) >= 11 is 3.62. The van der Waals surface area contributed by atoms with Gasteiger partial charge >= 0.3 is 0 Å².